The predicted molar refractivity (Wildman–Crippen MR) is 144 cm³/mol. The van der Waals surface area contributed by atoms with Crippen LogP contribution in [-0.2, 0) is 32.6 Å². The van der Waals surface area contributed by atoms with Crippen LogP contribution in [0.1, 0.15) is 27.3 Å². The Morgan fingerprint density at radius 2 is 1.54 bits per heavy atom. The summed E-state index contributed by atoms with van der Waals surface area (Å²) in [5, 5.41) is 7.03. The molecule has 0 aliphatic heterocycles. The minimum Gasteiger partial charge on any atom is -0.363 e. The van der Waals surface area contributed by atoms with Crippen LogP contribution in [0.3, 0.4) is 0 Å². The average Bonchev–Trinajstić information content (AvgIpc) is 3.34. The Morgan fingerprint density at radius 3 is 2.21 bits per heavy atom. The van der Waals surface area contributed by atoms with Crippen LogP contribution < -0.4 is 15.8 Å². The van der Waals surface area contributed by atoms with Gasteiger partial charge in [-0.2, -0.15) is 5.10 Å². The lowest BCUT2D eigenvalue weighted by Crippen LogP contribution is -2.47. The third-order valence-corrected chi connectivity index (χ3v) is 7.30. The summed E-state index contributed by atoms with van der Waals surface area (Å²) in [6, 6.07) is 24.2. The molecule has 1 unspecified atom stereocenters. The molecule has 11 heteroatoms. The molecule has 0 saturated heterocycles. The smallest absolute Gasteiger partial charge is 0.287 e. The highest BCUT2D eigenvalue weighted by Crippen LogP contribution is 2.16. The number of nitrogens with two attached hydrogens (primary N) is 1. The van der Waals surface area contributed by atoms with Gasteiger partial charge < -0.3 is 11.1 Å². The van der Waals surface area contributed by atoms with E-state index in [1.165, 1.54) is 16.8 Å². The Bertz CT molecular complexity index is 1600. The zero-order valence-corrected chi connectivity index (χ0v) is 21.9. The highest BCUT2D eigenvalue weighted by Gasteiger charge is 2.27. The summed E-state index contributed by atoms with van der Waals surface area (Å²) in [5.41, 5.74) is 7.79. The zero-order chi connectivity index (χ0) is 28.0. The summed E-state index contributed by atoms with van der Waals surface area (Å²) >= 11 is 0. The molecule has 39 heavy (non-hydrogen) atoms. The first-order chi connectivity index (χ1) is 18.6. The van der Waals surface area contributed by atoms with Gasteiger partial charge >= 0.3 is 0 Å². The maximum Gasteiger partial charge on any atom is 0.287 e. The van der Waals surface area contributed by atoms with Crippen LogP contribution in [0, 0.1) is 6.92 Å². The Morgan fingerprint density at radius 1 is 0.897 bits per heavy atom. The molecule has 4 N–H and O–H groups in total. The van der Waals surface area contributed by atoms with E-state index in [9.17, 15) is 22.8 Å². The normalized spacial score (nSPS) is 12.0. The minimum absolute atomic E-state index is 0.0130. The van der Waals surface area contributed by atoms with Crippen molar-refractivity contribution in [3.8, 4) is 5.69 Å². The number of hydrogen-bond acceptors (Lipinski definition) is 6. The quantitative estimate of drug-likeness (QED) is 0.245. The summed E-state index contributed by atoms with van der Waals surface area (Å²) in [6.07, 6.45) is 0.0819. The van der Waals surface area contributed by atoms with Crippen molar-refractivity contribution in [1.82, 2.24) is 19.8 Å². The number of sulfonamides is 1. The number of amides is 2. The number of ketones is 1. The molecule has 0 spiro atoms. The lowest BCUT2D eigenvalue weighted by molar-refractivity contribution is -0.137. The molecule has 0 radical (unpaired) electrons. The topological polar surface area (TPSA) is 153 Å². The van der Waals surface area contributed by atoms with Gasteiger partial charge in [-0.3, -0.25) is 14.4 Å². The molecule has 4 aromatic rings. The summed E-state index contributed by atoms with van der Waals surface area (Å²) in [7, 11) is -3.71. The van der Waals surface area contributed by atoms with E-state index >= 15 is 0 Å². The average molecular weight is 546 g/mol. The summed E-state index contributed by atoms with van der Waals surface area (Å²) < 4.78 is 29.2. The molecule has 4 rings (SSSR count). The van der Waals surface area contributed by atoms with E-state index in [1.807, 2.05) is 6.07 Å². The van der Waals surface area contributed by atoms with Gasteiger partial charge in [-0.1, -0.05) is 60.7 Å². The Balaban J connectivity index is 1.56. The first-order valence-corrected chi connectivity index (χ1v) is 13.5. The van der Waals surface area contributed by atoms with Gasteiger partial charge in [-0.15, -0.1) is 0 Å². The summed E-state index contributed by atoms with van der Waals surface area (Å²) in [5.74, 6) is -2.68. The van der Waals surface area contributed by atoms with Crippen molar-refractivity contribution in [3.63, 3.8) is 0 Å². The lowest BCUT2D eigenvalue weighted by atomic mass is 10.0. The van der Waals surface area contributed by atoms with Crippen molar-refractivity contribution in [2.24, 2.45) is 5.73 Å². The van der Waals surface area contributed by atoms with Crippen LogP contribution in [0.5, 0.6) is 0 Å². The van der Waals surface area contributed by atoms with Gasteiger partial charge in [0.2, 0.25) is 15.8 Å². The maximum atomic E-state index is 13.3. The second kappa shape index (κ2) is 11.8. The molecule has 1 atom stereocenters. The first kappa shape index (κ1) is 27.4. The Hall–Kier alpha value is -4.61. The molecule has 0 aliphatic carbocycles. The second-order valence-electron chi connectivity index (χ2n) is 8.83. The van der Waals surface area contributed by atoms with E-state index in [0.29, 0.717) is 16.9 Å². The number of carbonyl (C=O) groups is 3. The fourth-order valence-corrected chi connectivity index (χ4v) is 5.02. The van der Waals surface area contributed by atoms with Crippen molar-refractivity contribution in [1.29, 1.82) is 0 Å². The molecule has 0 aliphatic rings. The molecular weight excluding hydrogens is 518 g/mol. The van der Waals surface area contributed by atoms with E-state index < -0.39 is 33.7 Å². The van der Waals surface area contributed by atoms with Gasteiger partial charge in [0.1, 0.15) is 11.7 Å². The predicted octanol–water partition coefficient (Wildman–Crippen LogP) is 2.05. The van der Waals surface area contributed by atoms with Gasteiger partial charge in [0.15, 0.2) is 0 Å². The number of primary amides is 1. The van der Waals surface area contributed by atoms with Crippen LogP contribution >= 0.6 is 0 Å². The highest BCUT2D eigenvalue weighted by molar-refractivity contribution is 7.89. The number of benzene rings is 3. The fraction of sp³-hybridized carbons (Fsp3) is 0.143. The standard InChI is InChI=1S/C28H27N5O5S/c1-19-15-25(28(36)31-24(26(34)27(29)35)17-20-9-4-2-5-10-20)33(32-19)22-12-8-11-21(16-22)18-30-39(37,38)23-13-6-3-7-14-23/h2-16,24,30H,17-18H2,1H3,(H2,29,35)(H,31,36). The number of nitrogens with zero attached hydrogens (tertiary/aromatic N) is 2. The molecule has 3 aromatic carbocycles. The monoisotopic (exact) mass is 545 g/mol. The fourth-order valence-electron chi connectivity index (χ4n) is 3.98. The lowest BCUT2D eigenvalue weighted by Gasteiger charge is -2.17. The highest BCUT2D eigenvalue weighted by atomic mass is 32.2. The maximum absolute atomic E-state index is 13.3. The largest absolute Gasteiger partial charge is 0.363 e. The van der Waals surface area contributed by atoms with Gasteiger partial charge in [0, 0.05) is 13.0 Å². The Labute approximate surface area is 225 Å². The first-order valence-electron chi connectivity index (χ1n) is 12.0. The summed E-state index contributed by atoms with van der Waals surface area (Å²) in [4.78, 5) is 37.6. The number of carbonyl (C=O) groups excluding carboxylic acids is 3. The van der Waals surface area contributed by atoms with Crippen molar-refractivity contribution < 1.29 is 22.8 Å². The van der Waals surface area contributed by atoms with Crippen LogP contribution in [-0.4, -0.2) is 41.8 Å². The third kappa shape index (κ3) is 6.83. The van der Waals surface area contributed by atoms with Crippen molar-refractivity contribution in [2.75, 3.05) is 0 Å². The third-order valence-electron chi connectivity index (χ3n) is 5.89. The number of hydrogen-bond donors (Lipinski definition) is 3. The van der Waals surface area contributed by atoms with Crippen LogP contribution in [0.2, 0.25) is 0 Å². The molecular formula is C28H27N5O5S. The number of aryl methyl sites for hydroxylation is 1. The van der Waals surface area contributed by atoms with Crippen LogP contribution in [0.15, 0.2) is 95.9 Å². The van der Waals surface area contributed by atoms with E-state index in [1.54, 1.807) is 79.7 Å². The van der Waals surface area contributed by atoms with E-state index in [-0.39, 0.29) is 23.6 Å². The Kier molecular flexibility index (Phi) is 8.33. The molecule has 1 heterocycles. The van der Waals surface area contributed by atoms with Crippen LogP contribution in [0.4, 0.5) is 0 Å². The molecule has 2 amide bonds. The number of aromatic nitrogens is 2. The molecule has 1 aromatic heterocycles. The molecule has 200 valence electrons. The molecule has 0 saturated carbocycles. The summed E-state index contributed by atoms with van der Waals surface area (Å²) in [6.45, 7) is 1.72. The van der Waals surface area contributed by atoms with Gasteiger partial charge in [-0.25, -0.2) is 17.8 Å². The van der Waals surface area contributed by atoms with Crippen molar-refractivity contribution >= 4 is 27.6 Å². The van der Waals surface area contributed by atoms with E-state index in [2.05, 4.69) is 15.1 Å². The van der Waals surface area contributed by atoms with E-state index in [0.717, 1.165) is 5.56 Å². The second-order valence-corrected chi connectivity index (χ2v) is 10.6. The SMILES string of the molecule is Cc1cc(C(=O)NC(Cc2ccccc2)C(=O)C(N)=O)n(-c2cccc(CNS(=O)(=O)c3ccccc3)c2)n1. The van der Waals surface area contributed by atoms with Crippen LogP contribution in [0.25, 0.3) is 5.69 Å². The van der Waals surface area contributed by atoms with Gasteiger partial charge in [-0.05, 0) is 48.4 Å². The molecule has 0 fully saturated rings. The minimum atomic E-state index is -3.71. The number of Topliss-reactive ketones (excluding diaryl/α,β-unsaturated/α-hetero) is 1. The van der Waals surface area contributed by atoms with Crippen molar-refractivity contribution in [2.45, 2.75) is 30.8 Å². The molecule has 10 nitrogen and oxygen atoms in total. The van der Waals surface area contributed by atoms with E-state index in [4.69, 9.17) is 5.73 Å². The number of nitrogens with one attached hydrogen (secondary N) is 2. The van der Waals surface area contributed by atoms with Gasteiger partial charge in [0.05, 0.1) is 16.3 Å². The zero-order valence-electron chi connectivity index (χ0n) is 21.1. The number of rotatable bonds is 11. The van der Waals surface area contributed by atoms with Crippen molar-refractivity contribution in [3.05, 3.63) is 114 Å². The van der Waals surface area contributed by atoms with Gasteiger partial charge in [0.25, 0.3) is 11.8 Å². The molecule has 0 bridgehead atoms.